The number of benzene rings is 3. The fourth-order valence-electron chi connectivity index (χ4n) is 6.94. The van der Waals surface area contributed by atoms with Crippen LogP contribution in [-0.4, -0.2) is 78.1 Å². The van der Waals surface area contributed by atoms with E-state index in [0.29, 0.717) is 30.3 Å². The normalized spacial score (nSPS) is 18.3. The molecular formula is C39H46N4O5. The van der Waals surface area contributed by atoms with Crippen molar-refractivity contribution >= 4 is 33.7 Å². The zero-order chi connectivity index (χ0) is 33.5. The van der Waals surface area contributed by atoms with Gasteiger partial charge in [-0.1, -0.05) is 36.8 Å². The van der Waals surface area contributed by atoms with Crippen LogP contribution in [0.4, 0.5) is 4.79 Å². The Labute approximate surface area is 282 Å². The molecular weight excluding hydrogens is 604 g/mol. The van der Waals surface area contributed by atoms with Crippen LogP contribution in [0.1, 0.15) is 60.0 Å². The van der Waals surface area contributed by atoms with E-state index in [0.717, 1.165) is 41.5 Å². The number of amides is 1. The Kier molecular flexibility index (Phi) is 10.7. The predicted molar refractivity (Wildman–Crippen MR) is 189 cm³/mol. The number of hydrogen-bond acceptors (Lipinski definition) is 6. The number of nitrogens with zero attached hydrogens (tertiary/aromatic N) is 2. The second-order valence-electron chi connectivity index (χ2n) is 12.8. The summed E-state index contributed by atoms with van der Waals surface area (Å²) in [5.74, 6) is 1.56. The summed E-state index contributed by atoms with van der Waals surface area (Å²) in [6.07, 6.45) is 11.0. The van der Waals surface area contributed by atoms with Crippen molar-refractivity contribution in [3.63, 3.8) is 0 Å². The number of hydrogen-bond donors (Lipinski definition) is 2. The Morgan fingerprint density at radius 1 is 0.792 bits per heavy atom. The number of likely N-dealkylation sites (tertiary alicyclic amines) is 2. The third-order valence-electron chi connectivity index (χ3n) is 9.75. The summed E-state index contributed by atoms with van der Waals surface area (Å²) in [4.78, 5) is 36.7. The molecule has 3 aromatic carbocycles. The van der Waals surface area contributed by atoms with Crippen LogP contribution in [0.5, 0.6) is 11.5 Å². The van der Waals surface area contributed by atoms with E-state index >= 15 is 0 Å². The summed E-state index contributed by atoms with van der Waals surface area (Å²) in [5.41, 5.74) is 4.97. The van der Waals surface area contributed by atoms with Gasteiger partial charge >= 0.3 is 6.09 Å². The number of carbonyl (C=O) groups is 2. The minimum absolute atomic E-state index is 0.0686. The molecule has 252 valence electrons. The van der Waals surface area contributed by atoms with Gasteiger partial charge in [0.15, 0.2) is 5.78 Å². The first kappa shape index (κ1) is 33.2. The molecule has 0 aliphatic carbocycles. The molecule has 0 spiro atoms. The third-order valence-corrected chi connectivity index (χ3v) is 9.75. The maximum absolute atomic E-state index is 13.4. The molecule has 2 saturated heterocycles. The molecule has 2 fully saturated rings. The standard InChI is InChI=1S/C23H24N2O4.C16H22N2O/c1-28-17-10-11-20-18(13-17)19(14-24-20)22(26)21-9-5-6-12-25(21)23(27)29-15-16-7-3-2-4-8-16;1-18-8-4-3-5-13(18)9-12-11-17-16-7-6-14(19-2)10-15(12)16/h2-4,7-8,10-11,13-14,21,24H,5-6,9,12,15H2,1H3;6-7,10-11,13,17H,3-5,8-9H2,1-2H3/t21-;13-/m11/s1. The van der Waals surface area contributed by atoms with Gasteiger partial charge in [-0.05, 0) is 99.6 Å². The lowest BCUT2D eigenvalue weighted by Gasteiger charge is -2.33. The lowest BCUT2D eigenvalue weighted by molar-refractivity contribution is 0.0565. The number of Topliss-reactive ketones (excluding diaryl/α,β-unsaturated/α-hetero) is 1. The van der Waals surface area contributed by atoms with Gasteiger partial charge in [0.05, 0.1) is 20.3 Å². The molecule has 2 N–H and O–H groups in total. The quantitative estimate of drug-likeness (QED) is 0.167. The van der Waals surface area contributed by atoms with Crippen LogP contribution < -0.4 is 9.47 Å². The lowest BCUT2D eigenvalue weighted by atomic mass is 9.94. The Bertz CT molecular complexity index is 1830. The van der Waals surface area contributed by atoms with Crippen molar-refractivity contribution in [1.82, 2.24) is 19.8 Å². The molecule has 1 amide bonds. The van der Waals surface area contributed by atoms with Gasteiger partial charge in [0, 0.05) is 52.3 Å². The van der Waals surface area contributed by atoms with Gasteiger partial charge in [-0.15, -0.1) is 0 Å². The van der Waals surface area contributed by atoms with Crippen LogP contribution in [0.3, 0.4) is 0 Å². The van der Waals surface area contributed by atoms with E-state index in [4.69, 9.17) is 14.2 Å². The first-order valence-corrected chi connectivity index (χ1v) is 17.0. The van der Waals surface area contributed by atoms with E-state index in [9.17, 15) is 9.59 Å². The lowest BCUT2D eigenvalue weighted by Crippen LogP contribution is -2.48. The fraction of sp³-hybridized carbons (Fsp3) is 0.385. The smallest absolute Gasteiger partial charge is 0.410 e. The van der Waals surface area contributed by atoms with E-state index in [1.54, 1.807) is 25.3 Å². The average molecular weight is 651 g/mol. The molecule has 0 radical (unpaired) electrons. The van der Waals surface area contributed by atoms with Crippen LogP contribution in [0.15, 0.2) is 79.1 Å². The highest BCUT2D eigenvalue weighted by Gasteiger charge is 2.34. The fourth-order valence-corrected chi connectivity index (χ4v) is 6.94. The Balaban J connectivity index is 0.000000182. The molecule has 2 aliphatic rings. The number of ether oxygens (including phenoxy) is 3. The molecule has 9 heteroatoms. The molecule has 2 aromatic heterocycles. The van der Waals surface area contributed by atoms with Gasteiger partial charge in [0.1, 0.15) is 18.1 Å². The van der Waals surface area contributed by atoms with Crippen LogP contribution in [-0.2, 0) is 17.8 Å². The number of aromatic nitrogens is 2. The second kappa shape index (κ2) is 15.4. The Morgan fingerprint density at radius 3 is 2.19 bits per heavy atom. The van der Waals surface area contributed by atoms with Crippen molar-refractivity contribution in [2.75, 3.05) is 34.4 Å². The van der Waals surface area contributed by atoms with Crippen LogP contribution in [0, 0.1) is 0 Å². The van der Waals surface area contributed by atoms with Crippen molar-refractivity contribution in [3.8, 4) is 11.5 Å². The number of carbonyl (C=O) groups excluding carboxylic acids is 2. The van der Waals surface area contributed by atoms with Crippen LogP contribution in [0.25, 0.3) is 21.8 Å². The molecule has 0 unspecified atom stereocenters. The molecule has 9 nitrogen and oxygen atoms in total. The highest BCUT2D eigenvalue weighted by molar-refractivity contribution is 6.11. The maximum atomic E-state index is 13.4. The monoisotopic (exact) mass is 650 g/mol. The van der Waals surface area contributed by atoms with Gasteiger partial charge in [0.2, 0.25) is 0 Å². The van der Waals surface area contributed by atoms with Crippen molar-refractivity contribution in [3.05, 3.63) is 95.8 Å². The number of likely N-dealkylation sites (N-methyl/N-ethyl adjacent to an activating group) is 1. The van der Waals surface area contributed by atoms with Crippen molar-refractivity contribution < 1.29 is 23.8 Å². The summed E-state index contributed by atoms with van der Waals surface area (Å²) in [6.45, 7) is 1.95. The number of fused-ring (bicyclic) bond motifs is 2. The minimum Gasteiger partial charge on any atom is -0.497 e. The molecule has 2 aliphatic heterocycles. The summed E-state index contributed by atoms with van der Waals surface area (Å²) in [7, 11) is 5.57. The number of aromatic amines is 2. The minimum atomic E-state index is -0.516. The van der Waals surface area contributed by atoms with Gasteiger partial charge < -0.3 is 29.1 Å². The summed E-state index contributed by atoms with van der Waals surface area (Å²) in [6, 6.07) is 21.5. The van der Waals surface area contributed by atoms with E-state index in [1.165, 1.54) is 42.3 Å². The largest absolute Gasteiger partial charge is 0.497 e. The van der Waals surface area contributed by atoms with Crippen LogP contribution in [0.2, 0.25) is 0 Å². The molecule has 0 bridgehead atoms. The van der Waals surface area contributed by atoms with Gasteiger partial charge in [-0.3, -0.25) is 9.69 Å². The summed E-state index contributed by atoms with van der Waals surface area (Å²) in [5, 5.41) is 2.11. The first-order valence-electron chi connectivity index (χ1n) is 17.0. The Morgan fingerprint density at radius 2 is 1.46 bits per heavy atom. The zero-order valence-corrected chi connectivity index (χ0v) is 28.2. The molecule has 4 heterocycles. The van der Waals surface area contributed by atoms with Crippen LogP contribution >= 0.6 is 0 Å². The van der Waals surface area contributed by atoms with Crippen molar-refractivity contribution in [2.45, 2.75) is 63.6 Å². The highest BCUT2D eigenvalue weighted by atomic mass is 16.6. The van der Waals surface area contributed by atoms with E-state index in [2.05, 4.69) is 40.2 Å². The van der Waals surface area contributed by atoms with Crippen molar-refractivity contribution in [2.24, 2.45) is 0 Å². The van der Waals surface area contributed by atoms with Gasteiger partial charge in [-0.2, -0.15) is 0 Å². The number of nitrogens with one attached hydrogen (secondary N) is 2. The summed E-state index contributed by atoms with van der Waals surface area (Å²) < 4.78 is 16.1. The molecule has 2 atom stereocenters. The number of ketones is 1. The van der Waals surface area contributed by atoms with E-state index < -0.39 is 12.1 Å². The number of piperidine rings is 2. The highest BCUT2D eigenvalue weighted by Crippen LogP contribution is 2.29. The second-order valence-corrected chi connectivity index (χ2v) is 12.8. The van der Waals surface area contributed by atoms with E-state index in [-0.39, 0.29) is 12.4 Å². The topological polar surface area (TPSA) is 99.9 Å². The number of methoxy groups -OCH3 is 2. The summed E-state index contributed by atoms with van der Waals surface area (Å²) >= 11 is 0. The molecule has 7 rings (SSSR count). The average Bonchev–Trinajstić information content (AvgIpc) is 3.75. The Hall–Kier alpha value is -4.76. The predicted octanol–water partition coefficient (Wildman–Crippen LogP) is 7.75. The van der Waals surface area contributed by atoms with Gasteiger partial charge in [-0.25, -0.2) is 4.79 Å². The maximum Gasteiger partial charge on any atom is 0.410 e. The van der Waals surface area contributed by atoms with Crippen molar-refractivity contribution in [1.29, 1.82) is 0 Å². The molecule has 48 heavy (non-hydrogen) atoms. The van der Waals surface area contributed by atoms with Gasteiger partial charge in [0.25, 0.3) is 0 Å². The third kappa shape index (κ3) is 7.52. The molecule has 5 aromatic rings. The van der Waals surface area contributed by atoms with E-state index in [1.807, 2.05) is 54.6 Å². The number of H-pyrrole nitrogens is 2. The SMILES string of the molecule is COc1ccc2[nH]cc(C(=O)[C@H]3CCCCN3C(=O)OCc3ccccc3)c2c1.COc1ccc2[nH]cc(C[C@H]3CCCCN3C)c2c1. The first-order chi connectivity index (χ1) is 23.4. The zero-order valence-electron chi connectivity index (χ0n) is 28.2. The number of rotatable bonds is 8. The molecule has 0 saturated carbocycles.